The van der Waals surface area contributed by atoms with Crippen molar-refractivity contribution in [2.45, 2.75) is 18.8 Å². The first kappa shape index (κ1) is 9.10. The van der Waals surface area contributed by atoms with E-state index in [9.17, 15) is 0 Å². The highest BCUT2D eigenvalue weighted by Crippen LogP contribution is 2.38. The van der Waals surface area contributed by atoms with E-state index in [1.54, 1.807) is 23.0 Å². The van der Waals surface area contributed by atoms with Crippen LogP contribution in [0.5, 0.6) is 0 Å². The quantitative estimate of drug-likeness (QED) is 0.761. The Bertz CT molecular complexity index is 560. The lowest BCUT2D eigenvalue weighted by molar-refractivity contribution is 0.810. The Labute approximate surface area is 93.2 Å². The van der Waals surface area contributed by atoms with E-state index in [0.29, 0.717) is 17.3 Å². The smallest absolute Gasteiger partial charge is 0.171 e. The standard InChI is InChI=1S/C12H10N4/c13-8-10-2-1-6-14-12(10)16-7-5-11(15-16)9-3-4-9/h1-2,5-7,9H,3-4H2. The molecular formula is C12H10N4. The average Bonchev–Trinajstić information content (AvgIpc) is 3.07. The molecule has 2 aromatic rings. The van der Waals surface area contributed by atoms with Crippen molar-refractivity contribution in [3.05, 3.63) is 41.9 Å². The van der Waals surface area contributed by atoms with Gasteiger partial charge in [-0.3, -0.25) is 0 Å². The molecule has 1 aliphatic rings. The van der Waals surface area contributed by atoms with E-state index in [2.05, 4.69) is 16.2 Å². The first-order valence-corrected chi connectivity index (χ1v) is 5.29. The molecule has 0 atom stereocenters. The Morgan fingerprint density at radius 2 is 2.25 bits per heavy atom. The molecule has 16 heavy (non-hydrogen) atoms. The van der Waals surface area contributed by atoms with Crippen molar-refractivity contribution in [3.8, 4) is 11.9 Å². The summed E-state index contributed by atoms with van der Waals surface area (Å²) in [5, 5.41) is 13.4. The molecule has 1 fully saturated rings. The van der Waals surface area contributed by atoms with Crippen LogP contribution < -0.4 is 0 Å². The minimum Gasteiger partial charge on any atom is -0.236 e. The lowest BCUT2D eigenvalue weighted by Crippen LogP contribution is -2.01. The second kappa shape index (κ2) is 3.46. The molecule has 0 saturated heterocycles. The minimum atomic E-state index is 0.549. The lowest BCUT2D eigenvalue weighted by atomic mass is 10.3. The Morgan fingerprint density at radius 1 is 1.38 bits per heavy atom. The van der Waals surface area contributed by atoms with Crippen molar-refractivity contribution >= 4 is 0 Å². The predicted molar refractivity (Wildman–Crippen MR) is 58.0 cm³/mol. The van der Waals surface area contributed by atoms with Crippen molar-refractivity contribution in [2.75, 3.05) is 0 Å². The Morgan fingerprint density at radius 3 is 3.00 bits per heavy atom. The van der Waals surface area contributed by atoms with Crippen LogP contribution in [0.25, 0.3) is 5.82 Å². The van der Waals surface area contributed by atoms with Crippen LogP contribution in [0.1, 0.15) is 30.0 Å². The molecule has 2 aromatic heterocycles. The highest BCUT2D eigenvalue weighted by Gasteiger charge is 2.26. The number of pyridine rings is 1. The van der Waals surface area contributed by atoms with Crippen molar-refractivity contribution in [3.63, 3.8) is 0 Å². The van der Waals surface area contributed by atoms with Gasteiger partial charge in [0.1, 0.15) is 6.07 Å². The fourth-order valence-corrected chi connectivity index (χ4v) is 1.72. The molecule has 0 spiro atoms. The number of nitriles is 1. The number of hydrogen-bond donors (Lipinski definition) is 0. The Hall–Kier alpha value is -2.15. The highest BCUT2D eigenvalue weighted by molar-refractivity contribution is 5.42. The summed E-state index contributed by atoms with van der Waals surface area (Å²) in [5.41, 5.74) is 1.66. The summed E-state index contributed by atoms with van der Waals surface area (Å²) in [6.45, 7) is 0. The molecule has 0 amide bonds. The number of nitrogens with zero attached hydrogens (tertiary/aromatic N) is 4. The van der Waals surface area contributed by atoms with Gasteiger partial charge in [-0.2, -0.15) is 10.4 Å². The van der Waals surface area contributed by atoms with Crippen LogP contribution in [0.2, 0.25) is 0 Å². The van der Waals surface area contributed by atoms with Gasteiger partial charge in [-0.25, -0.2) is 9.67 Å². The van der Waals surface area contributed by atoms with E-state index in [1.807, 2.05) is 12.3 Å². The number of hydrogen-bond acceptors (Lipinski definition) is 3. The molecule has 1 saturated carbocycles. The zero-order chi connectivity index (χ0) is 11.0. The molecule has 0 aliphatic heterocycles. The van der Waals surface area contributed by atoms with Gasteiger partial charge in [0.15, 0.2) is 5.82 Å². The Kier molecular flexibility index (Phi) is 1.97. The Balaban J connectivity index is 2.04. The van der Waals surface area contributed by atoms with E-state index in [-0.39, 0.29) is 0 Å². The first-order chi connectivity index (χ1) is 7.88. The van der Waals surface area contributed by atoms with Gasteiger partial charge in [0.2, 0.25) is 0 Å². The fourth-order valence-electron chi connectivity index (χ4n) is 1.72. The van der Waals surface area contributed by atoms with Crippen molar-refractivity contribution in [1.29, 1.82) is 5.26 Å². The molecule has 3 rings (SSSR count). The van der Waals surface area contributed by atoms with Gasteiger partial charge < -0.3 is 0 Å². The maximum atomic E-state index is 8.98. The normalized spacial score (nSPS) is 14.7. The molecule has 1 aliphatic carbocycles. The molecule has 0 radical (unpaired) electrons. The molecule has 0 N–H and O–H groups in total. The minimum absolute atomic E-state index is 0.549. The van der Waals surface area contributed by atoms with Gasteiger partial charge in [0, 0.05) is 18.3 Å². The molecular weight excluding hydrogens is 200 g/mol. The SMILES string of the molecule is N#Cc1cccnc1-n1ccc(C2CC2)n1. The summed E-state index contributed by atoms with van der Waals surface area (Å²) < 4.78 is 1.69. The third kappa shape index (κ3) is 1.47. The van der Waals surface area contributed by atoms with Crippen molar-refractivity contribution in [2.24, 2.45) is 0 Å². The predicted octanol–water partition coefficient (Wildman–Crippen LogP) is 2.02. The van der Waals surface area contributed by atoms with E-state index in [1.165, 1.54) is 12.8 Å². The average molecular weight is 210 g/mol. The monoisotopic (exact) mass is 210 g/mol. The van der Waals surface area contributed by atoms with Crippen LogP contribution in [-0.2, 0) is 0 Å². The van der Waals surface area contributed by atoms with Gasteiger partial charge >= 0.3 is 0 Å². The van der Waals surface area contributed by atoms with Gasteiger partial charge in [-0.15, -0.1) is 0 Å². The molecule has 2 heterocycles. The molecule has 0 aromatic carbocycles. The second-order valence-electron chi connectivity index (χ2n) is 3.95. The maximum Gasteiger partial charge on any atom is 0.171 e. The highest BCUT2D eigenvalue weighted by atomic mass is 15.3. The third-order valence-corrected chi connectivity index (χ3v) is 2.73. The summed E-state index contributed by atoms with van der Waals surface area (Å²) >= 11 is 0. The van der Waals surface area contributed by atoms with Crippen LogP contribution in [0.15, 0.2) is 30.6 Å². The fraction of sp³-hybridized carbons (Fsp3) is 0.250. The van der Waals surface area contributed by atoms with Crippen LogP contribution in [0.3, 0.4) is 0 Å². The number of rotatable bonds is 2. The topological polar surface area (TPSA) is 54.5 Å². The van der Waals surface area contributed by atoms with Crippen LogP contribution >= 0.6 is 0 Å². The van der Waals surface area contributed by atoms with Crippen LogP contribution in [0, 0.1) is 11.3 Å². The first-order valence-electron chi connectivity index (χ1n) is 5.29. The summed E-state index contributed by atoms with van der Waals surface area (Å²) in [6, 6.07) is 7.64. The van der Waals surface area contributed by atoms with E-state index >= 15 is 0 Å². The summed E-state index contributed by atoms with van der Waals surface area (Å²) in [7, 11) is 0. The molecule has 4 heteroatoms. The van der Waals surface area contributed by atoms with Gasteiger partial charge in [-0.05, 0) is 31.0 Å². The zero-order valence-electron chi connectivity index (χ0n) is 8.67. The summed E-state index contributed by atoms with van der Waals surface area (Å²) in [4.78, 5) is 4.19. The second-order valence-corrected chi connectivity index (χ2v) is 3.95. The van der Waals surface area contributed by atoms with E-state index in [4.69, 9.17) is 5.26 Å². The zero-order valence-corrected chi connectivity index (χ0v) is 8.67. The van der Waals surface area contributed by atoms with Crippen LogP contribution in [0.4, 0.5) is 0 Å². The van der Waals surface area contributed by atoms with Gasteiger partial charge in [-0.1, -0.05) is 0 Å². The van der Waals surface area contributed by atoms with E-state index < -0.39 is 0 Å². The number of aromatic nitrogens is 3. The summed E-state index contributed by atoms with van der Waals surface area (Å²) in [6.07, 6.45) is 6.00. The van der Waals surface area contributed by atoms with Crippen molar-refractivity contribution < 1.29 is 0 Å². The van der Waals surface area contributed by atoms with Crippen LogP contribution in [-0.4, -0.2) is 14.8 Å². The largest absolute Gasteiger partial charge is 0.236 e. The molecule has 78 valence electrons. The molecule has 0 unspecified atom stereocenters. The van der Waals surface area contributed by atoms with Gasteiger partial charge in [0.05, 0.1) is 11.3 Å². The molecule has 4 nitrogen and oxygen atoms in total. The van der Waals surface area contributed by atoms with Gasteiger partial charge in [0.25, 0.3) is 0 Å². The van der Waals surface area contributed by atoms with Crippen molar-refractivity contribution in [1.82, 2.24) is 14.8 Å². The summed E-state index contributed by atoms with van der Waals surface area (Å²) in [5.74, 6) is 1.23. The van der Waals surface area contributed by atoms with E-state index in [0.717, 1.165) is 5.69 Å². The third-order valence-electron chi connectivity index (χ3n) is 2.73. The molecule has 0 bridgehead atoms. The maximum absolute atomic E-state index is 8.98. The lowest BCUT2D eigenvalue weighted by Gasteiger charge is -2.01.